The highest BCUT2D eigenvalue weighted by Crippen LogP contribution is 2.38. The highest BCUT2D eigenvalue weighted by Gasteiger charge is 2.47. The monoisotopic (exact) mass is 202 g/mol. The van der Waals surface area contributed by atoms with Crippen LogP contribution < -0.4 is 0 Å². The van der Waals surface area contributed by atoms with Crippen molar-refractivity contribution >= 4 is 0 Å². The van der Waals surface area contributed by atoms with Gasteiger partial charge in [0.1, 0.15) is 0 Å². The van der Waals surface area contributed by atoms with Gasteiger partial charge in [-0.3, -0.25) is 0 Å². The number of hydrogen-bond donors (Lipinski definition) is 2. The first kappa shape index (κ1) is 12.0. The smallest absolute Gasteiger partial charge is 0.170 e. The minimum Gasteiger partial charge on any atom is -0.392 e. The topological polar surface area (TPSA) is 49.7 Å². The molecule has 0 bridgehead atoms. The predicted molar refractivity (Wildman–Crippen MR) is 54.7 cm³/mol. The number of ether oxygens (including phenoxy) is 1. The van der Waals surface area contributed by atoms with E-state index in [4.69, 9.17) is 4.74 Å². The van der Waals surface area contributed by atoms with E-state index >= 15 is 0 Å². The number of rotatable bonds is 2. The van der Waals surface area contributed by atoms with Crippen LogP contribution in [0.1, 0.15) is 40.5 Å². The van der Waals surface area contributed by atoms with Gasteiger partial charge in [0.05, 0.1) is 12.2 Å². The second-order valence-electron chi connectivity index (χ2n) is 4.40. The van der Waals surface area contributed by atoms with Gasteiger partial charge in [-0.15, -0.1) is 0 Å². The van der Waals surface area contributed by atoms with Crippen LogP contribution in [-0.2, 0) is 4.74 Å². The van der Waals surface area contributed by atoms with Crippen molar-refractivity contribution in [3.63, 3.8) is 0 Å². The van der Waals surface area contributed by atoms with Crippen molar-refractivity contribution in [3.05, 3.63) is 0 Å². The summed E-state index contributed by atoms with van der Waals surface area (Å²) < 4.78 is 5.66. The molecule has 1 heterocycles. The fourth-order valence-electron chi connectivity index (χ4n) is 2.28. The van der Waals surface area contributed by atoms with Gasteiger partial charge in [-0.2, -0.15) is 0 Å². The summed E-state index contributed by atoms with van der Waals surface area (Å²) in [7, 11) is 0. The molecule has 0 radical (unpaired) electrons. The fraction of sp³-hybridized carbons (Fsp3) is 1.00. The van der Waals surface area contributed by atoms with Gasteiger partial charge in [0, 0.05) is 11.8 Å². The van der Waals surface area contributed by atoms with Gasteiger partial charge >= 0.3 is 0 Å². The van der Waals surface area contributed by atoms with Gasteiger partial charge in [-0.1, -0.05) is 27.7 Å². The molecule has 0 aliphatic carbocycles. The average Bonchev–Trinajstić information content (AvgIpc) is 2.20. The zero-order valence-electron chi connectivity index (χ0n) is 9.53. The van der Waals surface area contributed by atoms with Gasteiger partial charge in [-0.05, 0) is 12.8 Å². The third-order valence-corrected chi connectivity index (χ3v) is 3.61. The third-order valence-electron chi connectivity index (χ3n) is 3.61. The van der Waals surface area contributed by atoms with E-state index < -0.39 is 11.9 Å². The van der Waals surface area contributed by atoms with Gasteiger partial charge in [0.2, 0.25) is 0 Å². The summed E-state index contributed by atoms with van der Waals surface area (Å²) in [5.41, 5.74) is 0. The highest BCUT2D eigenvalue weighted by molar-refractivity contribution is 4.90. The van der Waals surface area contributed by atoms with Crippen LogP contribution in [-0.4, -0.2) is 28.2 Å². The van der Waals surface area contributed by atoms with Crippen molar-refractivity contribution in [2.45, 2.75) is 58.5 Å². The van der Waals surface area contributed by atoms with Crippen LogP contribution in [0.4, 0.5) is 0 Å². The van der Waals surface area contributed by atoms with E-state index in [9.17, 15) is 10.2 Å². The Morgan fingerprint density at radius 2 is 1.86 bits per heavy atom. The van der Waals surface area contributed by atoms with E-state index in [-0.39, 0.29) is 17.9 Å². The molecule has 14 heavy (non-hydrogen) atoms. The molecule has 0 spiro atoms. The molecule has 1 aliphatic heterocycles. The molecule has 5 atom stereocenters. The summed E-state index contributed by atoms with van der Waals surface area (Å²) in [6.07, 6.45) is 0.839. The van der Waals surface area contributed by atoms with Gasteiger partial charge in [0.15, 0.2) is 5.79 Å². The van der Waals surface area contributed by atoms with Crippen molar-refractivity contribution < 1.29 is 14.9 Å². The summed E-state index contributed by atoms with van der Waals surface area (Å²) in [4.78, 5) is 0. The van der Waals surface area contributed by atoms with E-state index in [1.54, 1.807) is 0 Å². The minimum atomic E-state index is -1.15. The van der Waals surface area contributed by atoms with Crippen molar-refractivity contribution in [1.29, 1.82) is 0 Å². The van der Waals surface area contributed by atoms with Crippen LogP contribution in [0.5, 0.6) is 0 Å². The molecular weight excluding hydrogens is 180 g/mol. The first-order valence-corrected chi connectivity index (χ1v) is 5.54. The second-order valence-corrected chi connectivity index (χ2v) is 4.40. The lowest BCUT2D eigenvalue weighted by Gasteiger charge is -2.47. The van der Waals surface area contributed by atoms with E-state index in [0.717, 1.165) is 6.42 Å². The predicted octanol–water partition coefficient (Wildman–Crippen LogP) is 1.53. The molecule has 3 nitrogen and oxygen atoms in total. The Balaban J connectivity index is 2.84. The molecule has 1 saturated heterocycles. The lowest BCUT2D eigenvalue weighted by Crippen LogP contribution is -2.56. The Labute approximate surface area is 86.1 Å². The lowest BCUT2D eigenvalue weighted by atomic mass is 9.79. The maximum atomic E-state index is 10.2. The van der Waals surface area contributed by atoms with Crippen LogP contribution in [0, 0.1) is 11.8 Å². The van der Waals surface area contributed by atoms with E-state index in [1.807, 2.05) is 27.7 Å². The van der Waals surface area contributed by atoms with Crippen LogP contribution in [0.2, 0.25) is 0 Å². The van der Waals surface area contributed by atoms with Crippen LogP contribution >= 0.6 is 0 Å². The van der Waals surface area contributed by atoms with Crippen molar-refractivity contribution in [2.24, 2.45) is 11.8 Å². The SMILES string of the molecule is CC[C@H]1OC(O)(CC)[C@H](C)[C@@H](O)[C@H]1C. The Hall–Kier alpha value is -0.120. The summed E-state index contributed by atoms with van der Waals surface area (Å²) in [5, 5.41) is 20.1. The number of aliphatic hydroxyl groups excluding tert-OH is 1. The normalized spacial score (nSPS) is 49.3. The maximum Gasteiger partial charge on any atom is 0.170 e. The van der Waals surface area contributed by atoms with Crippen molar-refractivity contribution in [3.8, 4) is 0 Å². The molecular formula is C11H22O3. The Bertz CT molecular complexity index is 193. The summed E-state index contributed by atoms with van der Waals surface area (Å²) >= 11 is 0. The first-order chi connectivity index (χ1) is 6.46. The molecule has 1 unspecified atom stereocenters. The quantitative estimate of drug-likeness (QED) is 0.714. The van der Waals surface area contributed by atoms with E-state index in [1.165, 1.54) is 0 Å². The molecule has 1 rings (SSSR count). The molecule has 0 aromatic carbocycles. The molecule has 0 aromatic heterocycles. The number of aliphatic hydroxyl groups is 2. The molecule has 3 heteroatoms. The molecule has 1 fully saturated rings. The van der Waals surface area contributed by atoms with Gasteiger partial charge in [-0.25, -0.2) is 0 Å². The van der Waals surface area contributed by atoms with Crippen molar-refractivity contribution in [2.75, 3.05) is 0 Å². The molecule has 84 valence electrons. The van der Waals surface area contributed by atoms with E-state index in [0.29, 0.717) is 6.42 Å². The third kappa shape index (κ3) is 1.81. The first-order valence-electron chi connectivity index (χ1n) is 5.54. The van der Waals surface area contributed by atoms with Crippen LogP contribution in [0.3, 0.4) is 0 Å². The average molecular weight is 202 g/mol. The summed E-state index contributed by atoms with van der Waals surface area (Å²) in [6, 6.07) is 0. The fourth-order valence-corrected chi connectivity index (χ4v) is 2.28. The molecule has 2 N–H and O–H groups in total. The zero-order valence-corrected chi connectivity index (χ0v) is 9.53. The number of hydrogen-bond acceptors (Lipinski definition) is 3. The standard InChI is InChI=1S/C11H22O3/c1-5-9-7(3)10(12)8(4)11(13,6-2)14-9/h7-10,12-13H,5-6H2,1-4H3/t7-,8+,9+,10-,11?/m0/s1. The Morgan fingerprint density at radius 3 is 2.29 bits per heavy atom. The van der Waals surface area contributed by atoms with Gasteiger partial charge < -0.3 is 14.9 Å². The summed E-state index contributed by atoms with van der Waals surface area (Å²) in [6.45, 7) is 7.72. The van der Waals surface area contributed by atoms with Crippen molar-refractivity contribution in [1.82, 2.24) is 0 Å². The minimum absolute atomic E-state index is 0.0360. The second kappa shape index (κ2) is 4.17. The van der Waals surface area contributed by atoms with E-state index in [2.05, 4.69) is 0 Å². The summed E-state index contributed by atoms with van der Waals surface area (Å²) in [5.74, 6) is -1.26. The lowest BCUT2D eigenvalue weighted by molar-refractivity contribution is -0.318. The highest BCUT2D eigenvalue weighted by atomic mass is 16.6. The Kier molecular flexibility index (Phi) is 3.56. The molecule has 0 amide bonds. The largest absolute Gasteiger partial charge is 0.392 e. The van der Waals surface area contributed by atoms with Gasteiger partial charge in [0.25, 0.3) is 0 Å². The maximum absolute atomic E-state index is 10.2. The zero-order chi connectivity index (χ0) is 10.9. The Morgan fingerprint density at radius 1 is 1.29 bits per heavy atom. The molecule has 1 aliphatic rings. The van der Waals surface area contributed by atoms with Crippen LogP contribution in [0.15, 0.2) is 0 Å². The molecule has 0 aromatic rings. The van der Waals surface area contributed by atoms with Crippen LogP contribution in [0.25, 0.3) is 0 Å². The molecule has 0 saturated carbocycles.